The van der Waals surface area contributed by atoms with Gasteiger partial charge in [-0.3, -0.25) is 0 Å². The lowest BCUT2D eigenvalue weighted by atomic mass is 10.2. The molecule has 94 valence electrons. The van der Waals surface area contributed by atoms with Crippen LogP contribution in [0.5, 0.6) is 0 Å². The van der Waals surface area contributed by atoms with E-state index in [1.165, 1.54) is 6.07 Å². The van der Waals surface area contributed by atoms with Crippen molar-refractivity contribution in [2.24, 2.45) is 0 Å². The van der Waals surface area contributed by atoms with Gasteiger partial charge in [-0.2, -0.15) is 0 Å². The van der Waals surface area contributed by atoms with Crippen LogP contribution in [0.1, 0.15) is 11.1 Å². The van der Waals surface area contributed by atoms with Gasteiger partial charge in [-0.15, -0.1) is 0 Å². The molecule has 4 heteroatoms. The monoisotopic (exact) mass is 283 g/mol. The van der Waals surface area contributed by atoms with Crippen molar-refractivity contribution in [1.29, 1.82) is 0 Å². The highest BCUT2D eigenvalue weighted by Gasteiger charge is 2.07. The third-order valence-corrected chi connectivity index (χ3v) is 3.35. The lowest BCUT2D eigenvalue weighted by Crippen LogP contribution is -2.02. The molecule has 0 saturated heterocycles. The first kappa shape index (κ1) is 13.2. The molecule has 0 aliphatic rings. The van der Waals surface area contributed by atoms with E-state index in [0.29, 0.717) is 22.3 Å². The van der Waals surface area contributed by atoms with Gasteiger partial charge in [-0.1, -0.05) is 35.3 Å². The summed E-state index contributed by atoms with van der Waals surface area (Å²) in [6.45, 7) is 2.23. The predicted octanol–water partition coefficient (Wildman–Crippen LogP) is 5.05. The molecule has 0 aromatic heterocycles. The number of aryl methyl sites for hydroxylation is 1. The fourth-order valence-corrected chi connectivity index (χ4v) is 2.18. The van der Waals surface area contributed by atoms with E-state index in [9.17, 15) is 4.39 Å². The largest absolute Gasteiger partial charge is 0.378 e. The van der Waals surface area contributed by atoms with Crippen molar-refractivity contribution in [1.82, 2.24) is 0 Å². The molecule has 0 aliphatic carbocycles. The van der Waals surface area contributed by atoms with Gasteiger partial charge in [-0.05, 0) is 36.8 Å². The average molecular weight is 284 g/mol. The molecule has 2 aromatic carbocycles. The van der Waals surface area contributed by atoms with Gasteiger partial charge >= 0.3 is 0 Å². The first-order valence-electron chi connectivity index (χ1n) is 5.51. The topological polar surface area (TPSA) is 12.0 Å². The van der Waals surface area contributed by atoms with Gasteiger partial charge in [0.25, 0.3) is 0 Å². The van der Waals surface area contributed by atoms with E-state index >= 15 is 0 Å². The molecule has 2 aromatic rings. The van der Waals surface area contributed by atoms with Crippen LogP contribution < -0.4 is 5.32 Å². The minimum absolute atomic E-state index is 0.279. The molecule has 0 unspecified atom stereocenters. The third-order valence-electron chi connectivity index (χ3n) is 2.64. The van der Waals surface area contributed by atoms with Gasteiger partial charge in [0.2, 0.25) is 0 Å². The Morgan fingerprint density at radius 2 is 1.78 bits per heavy atom. The van der Waals surface area contributed by atoms with Crippen molar-refractivity contribution < 1.29 is 4.39 Å². The predicted molar refractivity (Wildman–Crippen MR) is 74.9 cm³/mol. The number of hydrogen-bond acceptors (Lipinski definition) is 1. The van der Waals surface area contributed by atoms with Gasteiger partial charge in [0.15, 0.2) is 0 Å². The summed E-state index contributed by atoms with van der Waals surface area (Å²) in [5, 5.41) is 4.14. The molecule has 1 N–H and O–H groups in total. The second-order valence-corrected chi connectivity index (χ2v) is 4.85. The van der Waals surface area contributed by atoms with E-state index in [4.69, 9.17) is 23.2 Å². The van der Waals surface area contributed by atoms with Crippen LogP contribution in [0.3, 0.4) is 0 Å². The van der Waals surface area contributed by atoms with Crippen LogP contribution in [0.15, 0.2) is 36.4 Å². The molecule has 0 atom stereocenters. The van der Waals surface area contributed by atoms with Gasteiger partial charge in [-0.25, -0.2) is 4.39 Å². The lowest BCUT2D eigenvalue weighted by Gasteiger charge is -2.10. The molecule has 0 fully saturated rings. The van der Waals surface area contributed by atoms with Crippen LogP contribution in [0.2, 0.25) is 10.0 Å². The Balaban J connectivity index is 2.16. The van der Waals surface area contributed by atoms with Crippen molar-refractivity contribution in [2.45, 2.75) is 13.5 Å². The Hall–Kier alpha value is -1.25. The first-order valence-corrected chi connectivity index (χ1v) is 6.26. The SMILES string of the molecule is Cc1ccc(NCc2c(Cl)cccc2Cl)c(F)c1. The smallest absolute Gasteiger partial charge is 0.146 e. The molecule has 18 heavy (non-hydrogen) atoms. The molecule has 0 heterocycles. The highest BCUT2D eigenvalue weighted by Crippen LogP contribution is 2.25. The normalized spacial score (nSPS) is 10.4. The molecule has 0 radical (unpaired) electrons. The van der Waals surface area contributed by atoms with Crippen molar-refractivity contribution in [2.75, 3.05) is 5.32 Å². The van der Waals surface area contributed by atoms with Gasteiger partial charge in [0.05, 0.1) is 5.69 Å². The Bertz CT molecular complexity index is 549. The summed E-state index contributed by atoms with van der Waals surface area (Å²) in [6.07, 6.45) is 0. The highest BCUT2D eigenvalue weighted by atomic mass is 35.5. The summed E-state index contributed by atoms with van der Waals surface area (Å²) in [5.41, 5.74) is 2.09. The van der Waals surface area contributed by atoms with Crippen molar-refractivity contribution in [3.8, 4) is 0 Å². The fraction of sp³-hybridized carbons (Fsp3) is 0.143. The van der Waals surface area contributed by atoms with E-state index in [-0.39, 0.29) is 5.82 Å². The summed E-state index contributed by atoms with van der Waals surface area (Å²) in [5.74, 6) is -0.279. The molecule has 0 aliphatic heterocycles. The van der Waals surface area contributed by atoms with Crippen molar-refractivity contribution in [3.63, 3.8) is 0 Å². The van der Waals surface area contributed by atoms with Crippen LogP contribution >= 0.6 is 23.2 Å². The Kier molecular flexibility index (Phi) is 4.10. The molecular weight excluding hydrogens is 272 g/mol. The van der Waals surface area contributed by atoms with E-state index in [2.05, 4.69) is 5.32 Å². The number of nitrogens with one attached hydrogen (secondary N) is 1. The standard InChI is InChI=1S/C14H12Cl2FN/c1-9-5-6-14(13(17)7-9)18-8-10-11(15)3-2-4-12(10)16/h2-7,18H,8H2,1H3. The van der Waals surface area contributed by atoms with E-state index in [1.54, 1.807) is 24.3 Å². The molecule has 0 bridgehead atoms. The maximum absolute atomic E-state index is 13.6. The minimum atomic E-state index is -0.279. The summed E-state index contributed by atoms with van der Waals surface area (Å²) >= 11 is 12.1. The number of anilines is 1. The fourth-order valence-electron chi connectivity index (χ4n) is 1.65. The number of halogens is 3. The summed E-state index contributed by atoms with van der Waals surface area (Å²) < 4.78 is 13.6. The van der Waals surface area contributed by atoms with Crippen molar-refractivity contribution >= 4 is 28.9 Å². The molecule has 0 spiro atoms. The van der Waals surface area contributed by atoms with E-state index in [1.807, 2.05) is 13.0 Å². The molecular formula is C14H12Cl2FN. The van der Waals surface area contributed by atoms with Crippen LogP contribution in [-0.2, 0) is 6.54 Å². The number of hydrogen-bond donors (Lipinski definition) is 1. The lowest BCUT2D eigenvalue weighted by molar-refractivity contribution is 0.629. The third kappa shape index (κ3) is 2.95. The summed E-state index contributed by atoms with van der Waals surface area (Å²) in [6, 6.07) is 10.3. The van der Waals surface area contributed by atoms with Crippen LogP contribution in [-0.4, -0.2) is 0 Å². The highest BCUT2D eigenvalue weighted by molar-refractivity contribution is 6.36. The van der Waals surface area contributed by atoms with Gasteiger partial charge < -0.3 is 5.32 Å². The first-order chi connectivity index (χ1) is 8.58. The van der Waals surface area contributed by atoms with Crippen LogP contribution in [0, 0.1) is 12.7 Å². The second kappa shape index (κ2) is 5.59. The molecule has 1 nitrogen and oxygen atoms in total. The molecule has 0 saturated carbocycles. The van der Waals surface area contributed by atoms with Crippen molar-refractivity contribution in [3.05, 3.63) is 63.4 Å². The van der Waals surface area contributed by atoms with Crippen LogP contribution in [0.4, 0.5) is 10.1 Å². The van der Waals surface area contributed by atoms with Gasteiger partial charge in [0, 0.05) is 22.2 Å². The van der Waals surface area contributed by atoms with E-state index < -0.39 is 0 Å². The summed E-state index contributed by atoms with van der Waals surface area (Å²) in [4.78, 5) is 0. The number of benzene rings is 2. The zero-order chi connectivity index (χ0) is 13.1. The second-order valence-electron chi connectivity index (χ2n) is 4.04. The number of rotatable bonds is 3. The zero-order valence-corrected chi connectivity index (χ0v) is 11.3. The summed E-state index contributed by atoms with van der Waals surface area (Å²) in [7, 11) is 0. The van der Waals surface area contributed by atoms with Gasteiger partial charge in [0.1, 0.15) is 5.82 Å². The van der Waals surface area contributed by atoms with E-state index in [0.717, 1.165) is 11.1 Å². The quantitative estimate of drug-likeness (QED) is 0.831. The maximum Gasteiger partial charge on any atom is 0.146 e. The Labute approximate surface area is 116 Å². The Morgan fingerprint density at radius 3 is 2.39 bits per heavy atom. The minimum Gasteiger partial charge on any atom is -0.378 e. The van der Waals surface area contributed by atoms with Crippen LogP contribution in [0.25, 0.3) is 0 Å². The molecule has 0 amide bonds. The molecule has 2 rings (SSSR count). The Morgan fingerprint density at radius 1 is 1.11 bits per heavy atom. The maximum atomic E-state index is 13.6. The average Bonchev–Trinajstić information content (AvgIpc) is 2.31. The zero-order valence-electron chi connectivity index (χ0n) is 9.81.